The molecule has 1 heterocycles. The number of benzene rings is 1. The maximum Gasteiger partial charge on any atom is 0.227 e. The van der Waals surface area contributed by atoms with Gasteiger partial charge in [-0.2, -0.15) is 0 Å². The van der Waals surface area contributed by atoms with Crippen LogP contribution in [0.5, 0.6) is 0 Å². The maximum absolute atomic E-state index is 13.1. The predicted octanol–water partition coefficient (Wildman–Crippen LogP) is 2.29. The lowest BCUT2D eigenvalue weighted by atomic mass is 9.82. The van der Waals surface area contributed by atoms with Crippen molar-refractivity contribution in [2.45, 2.75) is 44.6 Å². The largest absolute Gasteiger partial charge is 0.380 e. The highest BCUT2D eigenvalue weighted by Crippen LogP contribution is 2.30. The van der Waals surface area contributed by atoms with E-state index in [1.807, 2.05) is 4.90 Å². The van der Waals surface area contributed by atoms with Crippen molar-refractivity contribution in [1.29, 1.82) is 0 Å². The van der Waals surface area contributed by atoms with Crippen molar-refractivity contribution in [2.24, 2.45) is 5.92 Å². The first-order valence-corrected chi connectivity index (χ1v) is 9.54. The zero-order valence-electron chi connectivity index (χ0n) is 15.1. The second kappa shape index (κ2) is 9.12. The Morgan fingerprint density at radius 3 is 2.73 bits per heavy atom. The Balaban J connectivity index is 1.77. The van der Waals surface area contributed by atoms with Gasteiger partial charge in [0, 0.05) is 25.7 Å². The summed E-state index contributed by atoms with van der Waals surface area (Å²) in [6.45, 7) is 2.19. The van der Waals surface area contributed by atoms with Crippen molar-refractivity contribution in [3.05, 3.63) is 35.6 Å². The average Bonchev–Trinajstić information content (AvgIpc) is 2.68. The molecule has 0 bridgehead atoms. The van der Waals surface area contributed by atoms with Gasteiger partial charge in [0.1, 0.15) is 5.82 Å². The molecule has 6 heteroatoms. The predicted molar refractivity (Wildman–Crippen MR) is 96.0 cm³/mol. The van der Waals surface area contributed by atoms with Crippen LogP contribution in [-0.2, 0) is 20.7 Å². The molecule has 2 aliphatic rings. The van der Waals surface area contributed by atoms with Crippen molar-refractivity contribution in [1.82, 2.24) is 10.2 Å². The number of carbonyl (C=O) groups is 2. The first kappa shape index (κ1) is 18.8. The molecular weight excluding hydrogens is 335 g/mol. The van der Waals surface area contributed by atoms with E-state index in [1.54, 1.807) is 12.1 Å². The fourth-order valence-electron chi connectivity index (χ4n) is 3.96. The zero-order valence-corrected chi connectivity index (χ0v) is 15.1. The molecule has 5 nitrogen and oxygen atoms in total. The summed E-state index contributed by atoms with van der Waals surface area (Å²) in [4.78, 5) is 27.5. The van der Waals surface area contributed by atoms with Gasteiger partial charge >= 0.3 is 0 Å². The summed E-state index contributed by atoms with van der Waals surface area (Å²) in [5.41, 5.74) is 0.791. The summed E-state index contributed by atoms with van der Waals surface area (Å²) in [6, 6.07) is 5.98. The average molecular weight is 362 g/mol. The quantitative estimate of drug-likeness (QED) is 0.878. The molecule has 1 N–H and O–H groups in total. The minimum atomic E-state index is -0.308. The number of fused-ring (bicyclic) bond motifs is 1. The highest BCUT2D eigenvalue weighted by Gasteiger charge is 2.36. The Morgan fingerprint density at radius 1 is 1.15 bits per heavy atom. The highest BCUT2D eigenvalue weighted by molar-refractivity contribution is 5.82. The Kier molecular flexibility index (Phi) is 6.61. The summed E-state index contributed by atoms with van der Waals surface area (Å²) >= 11 is 0. The smallest absolute Gasteiger partial charge is 0.227 e. The minimum Gasteiger partial charge on any atom is -0.380 e. The fourth-order valence-corrected chi connectivity index (χ4v) is 3.96. The summed E-state index contributed by atoms with van der Waals surface area (Å²) in [7, 11) is 0. The molecule has 3 rings (SSSR count). The molecule has 1 aliphatic heterocycles. The van der Waals surface area contributed by atoms with Crippen molar-refractivity contribution < 1.29 is 18.7 Å². The summed E-state index contributed by atoms with van der Waals surface area (Å²) in [5.74, 6) is -0.433. The highest BCUT2D eigenvalue weighted by atomic mass is 19.1. The Bertz CT molecular complexity index is 620. The molecule has 1 aromatic carbocycles. The van der Waals surface area contributed by atoms with Crippen molar-refractivity contribution in [2.75, 3.05) is 26.3 Å². The second-order valence-corrected chi connectivity index (χ2v) is 7.11. The van der Waals surface area contributed by atoms with Gasteiger partial charge in [0.25, 0.3) is 0 Å². The molecule has 1 aliphatic carbocycles. The van der Waals surface area contributed by atoms with Crippen LogP contribution in [0.15, 0.2) is 24.3 Å². The molecule has 2 fully saturated rings. The molecule has 0 spiro atoms. The van der Waals surface area contributed by atoms with Gasteiger partial charge in [-0.05, 0) is 37.0 Å². The summed E-state index contributed by atoms with van der Waals surface area (Å²) in [6.07, 6.45) is 4.71. The topological polar surface area (TPSA) is 58.6 Å². The third-order valence-corrected chi connectivity index (χ3v) is 5.29. The zero-order chi connectivity index (χ0) is 18.4. The second-order valence-electron chi connectivity index (χ2n) is 7.11. The van der Waals surface area contributed by atoms with Crippen LogP contribution in [0.2, 0.25) is 0 Å². The van der Waals surface area contributed by atoms with E-state index >= 15 is 0 Å². The number of halogens is 1. The van der Waals surface area contributed by atoms with Crippen LogP contribution in [-0.4, -0.2) is 49.1 Å². The van der Waals surface area contributed by atoms with Crippen LogP contribution in [0, 0.1) is 11.7 Å². The monoisotopic (exact) mass is 362 g/mol. The van der Waals surface area contributed by atoms with E-state index in [0.29, 0.717) is 26.3 Å². The van der Waals surface area contributed by atoms with Gasteiger partial charge in [-0.25, -0.2) is 4.39 Å². The number of rotatable bonds is 2. The van der Waals surface area contributed by atoms with Gasteiger partial charge in [0.2, 0.25) is 11.8 Å². The molecule has 0 unspecified atom stereocenters. The minimum absolute atomic E-state index is 0.000514. The lowest BCUT2D eigenvalue weighted by Crippen LogP contribution is -2.51. The maximum atomic E-state index is 13.1. The number of hydrogen-bond donors (Lipinski definition) is 1. The molecule has 142 valence electrons. The lowest BCUT2D eigenvalue weighted by Gasteiger charge is -2.39. The van der Waals surface area contributed by atoms with E-state index in [-0.39, 0.29) is 36.0 Å². The molecule has 1 saturated carbocycles. The van der Waals surface area contributed by atoms with Crippen molar-refractivity contribution in [3.63, 3.8) is 0 Å². The van der Waals surface area contributed by atoms with Crippen molar-refractivity contribution in [3.8, 4) is 0 Å². The lowest BCUT2D eigenvalue weighted by molar-refractivity contribution is -0.138. The van der Waals surface area contributed by atoms with E-state index < -0.39 is 0 Å². The SMILES string of the molecule is O=C1NCCOCCCN(C(=O)Cc2ccc(F)cc2)[C@H]2CCCC[C@@H]12. The Labute approximate surface area is 153 Å². The first-order valence-electron chi connectivity index (χ1n) is 9.54. The Morgan fingerprint density at radius 2 is 1.92 bits per heavy atom. The molecule has 0 radical (unpaired) electrons. The molecule has 2 atom stereocenters. The molecule has 1 aromatic rings. The van der Waals surface area contributed by atoms with E-state index in [2.05, 4.69) is 5.32 Å². The van der Waals surface area contributed by atoms with Crippen molar-refractivity contribution >= 4 is 11.8 Å². The molecular formula is C20H27FN2O3. The number of nitrogens with zero attached hydrogens (tertiary/aromatic N) is 1. The third-order valence-electron chi connectivity index (χ3n) is 5.29. The third kappa shape index (κ3) is 4.81. The van der Waals surface area contributed by atoms with E-state index in [0.717, 1.165) is 37.7 Å². The van der Waals surface area contributed by atoms with Crippen LogP contribution in [0.3, 0.4) is 0 Å². The van der Waals surface area contributed by atoms with Gasteiger partial charge in [-0.3, -0.25) is 9.59 Å². The van der Waals surface area contributed by atoms with Gasteiger partial charge < -0.3 is 15.0 Å². The van der Waals surface area contributed by atoms with Gasteiger partial charge in [-0.15, -0.1) is 0 Å². The molecule has 1 saturated heterocycles. The van der Waals surface area contributed by atoms with Crippen LogP contribution >= 0.6 is 0 Å². The van der Waals surface area contributed by atoms with Gasteiger partial charge in [-0.1, -0.05) is 25.0 Å². The number of hydrogen-bond acceptors (Lipinski definition) is 3. The standard InChI is InChI=1S/C20H27FN2O3/c21-16-8-6-15(7-9-16)14-19(24)23-11-3-12-26-13-10-22-20(25)17-4-1-2-5-18(17)23/h6-9,17-18H,1-5,10-14H2,(H,22,25)/t17-,18+/m1/s1. The fraction of sp³-hybridized carbons (Fsp3) is 0.600. The molecule has 2 amide bonds. The van der Waals surface area contributed by atoms with Crippen LogP contribution in [0.25, 0.3) is 0 Å². The van der Waals surface area contributed by atoms with Crippen LogP contribution in [0.1, 0.15) is 37.7 Å². The number of ether oxygens (including phenoxy) is 1. The van der Waals surface area contributed by atoms with E-state index in [1.165, 1.54) is 12.1 Å². The Hall–Kier alpha value is -1.95. The van der Waals surface area contributed by atoms with Gasteiger partial charge in [0.15, 0.2) is 0 Å². The van der Waals surface area contributed by atoms with E-state index in [4.69, 9.17) is 4.74 Å². The number of nitrogens with one attached hydrogen (secondary N) is 1. The van der Waals surface area contributed by atoms with Crippen LogP contribution < -0.4 is 5.32 Å². The molecule has 0 aromatic heterocycles. The number of carbonyl (C=O) groups excluding carboxylic acids is 2. The first-order chi connectivity index (χ1) is 12.6. The van der Waals surface area contributed by atoms with Gasteiger partial charge in [0.05, 0.1) is 18.9 Å². The van der Waals surface area contributed by atoms with Crippen LogP contribution in [0.4, 0.5) is 4.39 Å². The summed E-state index contributed by atoms with van der Waals surface area (Å²) in [5, 5.41) is 2.95. The van der Waals surface area contributed by atoms with E-state index in [9.17, 15) is 14.0 Å². The summed E-state index contributed by atoms with van der Waals surface area (Å²) < 4.78 is 18.6. The molecule has 26 heavy (non-hydrogen) atoms. The number of amides is 2. The normalized spacial score (nSPS) is 25.0.